The second-order valence-electron chi connectivity index (χ2n) is 4.12. The van der Waals surface area contributed by atoms with Gasteiger partial charge in [0.25, 0.3) is 0 Å². The average molecular weight is 335 g/mol. The van der Waals surface area contributed by atoms with E-state index in [4.69, 9.17) is 16.7 Å². The summed E-state index contributed by atoms with van der Waals surface area (Å²) >= 11 is 5.77. The molecule has 0 aliphatic rings. The molecule has 3 N–H and O–H groups in total. The van der Waals surface area contributed by atoms with Crippen molar-refractivity contribution in [3.8, 4) is 0 Å². The van der Waals surface area contributed by atoms with Crippen molar-refractivity contribution in [2.45, 2.75) is 18.2 Å². The van der Waals surface area contributed by atoms with E-state index in [0.717, 1.165) is 12.5 Å². The molecule has 0 unspecified atom stereocenters. The van der Waals surface area contributed by atoms with Crippen molar-refractivity contribution < 1.29 is 23.1 Å². The quantitative estimate of drug-likeness (QED) is 0.684. The summed E-state index contributed by atoms with van der Waals surface area (Å²) in [5, 5.41) is 11.2. The normalized spacial score (nSPS) is 11.1. The highest BCUT2D eigenvalue weighted by Crippen LogP contribution is 2.22. The Morgan fingerprint density at radius 2 is 2.00 bits per heavy atom. The Balaban J connectivity index is 2.90. The predicted octanol–water partition coefficient (Wildman–Crippen LogP) is 0.843. The number of benzene rings is 1. The highest BCUT2D eigenvalue weighted by molar-refractivity contribution is 7.89. The van der Waals surface area contributed by atoms with Crippen LogP contribution in [0.1, 0.15) is 23.7 Å². The lowest BCUT2D eigenvalue weighted by Gasteiger charge is -2.09. The van der Waals surface area contributed by atoms with Gasteiger partial charge in [-0.3, -0.25) is 4.79 Å². The van der Waals surface area contributed by atoms with Gasteiger partial charge in [-0.25, -0.2) is 17.9 Å². The molecule has 0 heterocycles. The van der Waals surface area contributed by atoms with E-state index < -0.39 is 28.4 Å². The molecule has 0 saturated carbocycles. The molecule has 0 aromatic heterocycles. The fraction of sp³-hybridized carbons (Fsp3) is 0.333. The summed E-state index contributed by atoms with van der Waals surface area (Å²) in [6.45, 7) is 1.85. The van der Waals surface area contributed by atoms with Crippen LogP contribution in [0.5, 0.6) is 0 Å². The standard InChI is InChI=1S/C12H15ClN2O5S/c1-2-5-14-11(16)7-15-21(19,20)10-6-8(12(17)18)3-4-9(10)13/h3-4,6,15H,2,5,7H2,1H3,(H,14,16)(H,17,18). The van der Waals surface area contributed by atoms with Crippen LogP contribution in [0.25, 0.3) is 0 Å². The topological polar surface area (TPSA) is 113 Å². The Morgan fingerprint density at radius 3 is 2.57 bits per heavy atom. The molecule has 7 nitrogen and oxygen atoms in total. The van der Waals surface area contributed by atoms with Gasteiger partial charge in [0.2, 0.25) is 15.9 Å². The van der Waals surface area contributed by atoms with Gasteiger partial charge >= 0.3 is 5.97 Å². The van der Waals surface area contributed by atoms with Gasteiger partial charge in [-0.05, 0) is 24.6 Å². The highest BCUT2D eigenvalue weighted by atomic mass is 35.5. The van der Waals surface area contributed by atoms with Crippen molar-refractivity contribution in [3.63, 3.8) is 0 Å². The number of hydrogen-bond donors (Lipinski definition) is 3. The maximum atomic E-state index is 12.0. The van der Waals surface area contributed by atoms with E-state index in [2.05, 4.69) is 10.0 Å². The van der Waals surface area contributed by atoms with Gasteiger partial charge < -0.3 is 10.4 Å². The van der Waals surface area contributed by atoms with E-state index in [0.29, 0.717) is 6.54 Å². The fourth-order valence-electron chi connectivity index (χ4n) is 1.41. The van der Waals surface area contributed by atoms with Crippen LogP contribution in [-0.2, 0) is 14.8 Å². The molecule has 0 radical (unpaired) electrons. The minimum atomic E-state index is -4.07. The van der Waals surface area contributed by atoms with Crippen molar-refractivity contribution >= 4 is 33.5 Å². The van der Waals surface area contributed by atoms with Crippen molar-refractivity contribution in [1.29, 1.82) is 0 Å². The van der Waals surface area contributed by atoms with Gasteiger partial charge in [0.1, 0.15) is 4.90 Å². The molecule has 1 aromatic rings. The Bertz CT molecular complexity index is 645. The summed E-state index contributed by atoms with van der Waals surface area (Å²) in [5.74, 6) is -1.75. The van der Waals surface area contributed by atoms with Crippen LogP contribution in [0.15, 0.2) is 23.1 Å². The Morgan fingerprint density at radius 1 is 1.33 bits per heavy atom. The first-order chi connectivity index (χ1) is 9.77. The number of amides is 1. The van der Waals surface area contributed by atoms with Crippen LogP contribution in [0.3, 0.4) is 0 Å². The minimum absolute atomic E-state index is 0.124. The summed E-state index contributed by atoms with van der Waals surface area (Å²) in [4.78, 5) is 21.8. The summed E-state index contributed by atoms with van der Waals surface area (Å²) < 4.78 is 26.1. The third kappa shape index (κ3) is 5.00. The van der Waals surface area contributed by atoms with Crippen LogP contribution < -0.4 is 10.0 Å². The number of carboxylic acid groups (broad SMARTS) is 1. The smallest absolute Gasteiger partial charge is 0.335 e. The first-order valence-corrected chi connectivity index (χ1v) is 7.93. The lowest BCUT2D eigenvalue weighted by molar-refractivity contribution is -0.119. The van der Waals surface area contributed by atoms with Gasteiger partial charge in [-0.15, -0.1) is 0 Å². The number of hydrogen-bond acceptors (Lipinski definition) is 4. The highest BCUT2D eigenvalue weighted by Gasteiger charge is 2.20. The van der Waals surface area contributed by atoms with Gasteiger partial charge in [-0.2, -0.15) is 0 Å². The molecule has 9 heteroatoms. The van der Waals surface area contributed by atoms with Crippen LogP contribution in [0, 0.1) is 0 Å². The molecular weight excluding hydrogens is 320 g/mol. The van der Waals surface area contributed by atoms with E-state index in [-0.39, 0.29) is 15.5 Å². The number of sulfonamides is 1. The van der Waals surface area contributed by atoms with Crippen LogP contribution >= 0.6 is 11.6 Å². The minimum Gasteiger partial charge on any atom is -0.478 e. The summed E-state index contributed by atoms with van der Waals surface area (Å²) in [6.07, 6.45) is 0.727. The Labute approximate surface area is 127 Å². The third-order valence-electron chi connectivity index (χ3n) is 2.46. The monoisotopic (exact) mass is 334 g/mol. The van der Waals surface area contributed by atoms with E-state index in [1.165, 1.54) is 12.1 Å². The van der Waals surface area contributed by atoms with E-state index in [1.807, 2.05) is 6.92 Å². The van der Waals surface area contributed by atoms with Gasteiger partial charge in [0.15, 0.2) is 0 Å². The molecule has 1 aromatic carbocycles. The molecule has 0 bridgehead atoms. The maximum Gasteiger partial charge on any atom is 0.335 e. The molecule has 0 fully saturated rings. The summed E-state index contributed by atoms with van der Waals surface area (Å²) in [5.41, 5.74) is -0.213. The largest absolute Gasteiger partial charge is 0.478 e. The van der Waals surface area contributed by atoms with Crippen molar-refractivity contribution in [2.24, 2.45) is 0 Å². The zero-order valence-electron chi connectivity index (χ0n) is 11.2. The van der Waals surface area contributed by atoms with Crippen molar-refractivity contribution in [2.75, 3.05) is 13.1 Å². The number of halogens is 1. The Hall–Kier alpha value is -1.64. The lowest BCUT2D eigenvalue weighted by Crippen LogP contribution is -2.37. The van der Waals surface area contributed by atoms with Gasteiger partial charge in [0, 0.05) is 6.54 Å². The number of carbonyl (C=O) groups is 2. The third-order valence-corrected chi connectivity index (χ3v) is 4.35. The molecule has 0 atom stereocenters. The summed E-state index contributed by atoms with van der Waals surface area (Å²) in [7, 11) is -4.07. The number of nitrogens with one attached hydrogen (secondary N) is 2. The van der Waals surface area contributed by atoms with E-state index in [9.17, 15) is 18.0 Å². The molecule has 0 aliphatic heterocycles. The molecule has 0 aliphatic carbocycles. The zero-order valence-corrected chi connectivity index (χ0v) is 12.8. The van der Waals surface area contributed by atoms with E-state index >= 15 is 0 Å². The lowest BCUT2D eigenvalue weighted by atomic mass is 10.2. The molecule has 21 heavy (non-hydrogen) atoms. The van der Waals surface area contributed by atoms with Gasteiger partial charge in [-0.1, -0.05) is 18.5 Å². The van der Waals surface area contributed by atoms with E-state index in [1.54, 1.807) is 0 Å². The number of carboxylic acids is 1. The van der Waals surface area contributed by atoms with Crippen LogP contribution in [0.2, 0.25) is 5.02 Å². The molecule has 1 rings (SSSR count). The average Bonchev–Trinajstić information content (AvgIpc) is 2.43. The van der Waals surface area contributed by atoms with Crippen molar-refractivity contribution in [1.82, 2.24) is 10.0 Å². The molecule has 116 valence electrons. The Kier molecular flexibility index (Phi) is 6.13. The summed E-state index contributed by atoms with van der Waals surface area (Å²) in [6, 6.07) is 3.31. The molecule has 1 amide bonds. The predicted molar refractivity (Wildman–Crippen MR) is 76.9 cm³/mol. The zero-order chi connectivity index (χ0) is 16.0. The van der Waals surface area contributed by atoms with Crippen LogP contribution in [-0.4, -0.2) is 38.5 Å². The molecule has 0 saturated heterocycles. The first-order valence-electron chi connectivity index (χ1n) is 6.07. The van der Waals surface area contributed by atoms with Crippen molar-refractivity contribution in [3.05, 3.63) is 28.8 Å². The maximum absolute atomic E-state index is 12.0. The van der Waals surface area contributed by atoms with Crippen LogP contribution in [0.4, 0.5) is 0 Å². The number of carbonyl (C=O) groups excluding carboxylic acids is 1. The first kappa shape index (κ1) is 17.4. The molecular formula is C12H15ClN2O5S. The fourth-order valence-corrected chi connectivity index (χ4v) is 2.91. The molecule has 0 spiro atoms. The second-order valence-corrected chi connectivity index (χ2v) is 6.27. The number of aromatic carboxylic acids is 1. The van der Waals surface area contributed by atoms with Gasteiger partial charge in [0.05, 0.1) is 17.1 Å². The second kappa shape index (κ2) is 7.39. The SMILES string of the molecule is CCCNC(=O)CNS(=O)(=O)c1cc(C(=O)O)ccc1Cl. The number of rotatable bonds is 7.